The van der Waals surface area contributed by atoms with Crippen molar-refractivity contribution in [2.75, 3.05) is 19.6 Å². The standard InChI is InChI=1S/C16H32N2/c1-12(2)18-8-7-15(11-18)10-17-16-9-13(3)5-6-14(16)4/h12-17H,5-11H2,1-4H3. The number of hydrogen-bond acceptors (Lipinski definition) is 2. The summed E-state index contributed by atoms with van der Waals surface area (Å²) in [6, 6.07) is 1.51. The summed E-state index contributed by atoms with van der Waals surface area (Å²) in [6.45, 7) is 13.3. The van der Waals surface area contributed by atoms with E-state index in [9.17, 15) is 0 Å². The molecule has 2 rings (SSSR count). The van der Waals surface area contributed by atoms with Crippen LogP contribution in [0.25, 0.3) is 0 Å². The molecule has 1 aliphatic carbocycles. The second-order valence-corrected chi connectivity index (χ2v) is 7.15. The normalized spacial score (nSPS) is 38.5. The first-order valence-electron chi connectivity index (χ1n) is 8.03. The molecule has 2 nitrogen and oxygen atoms in total. The van der Waals surface area contributed by atoms with Gasteiger partial charge in [-0.05, 0) is 64.0 Å². The molecule has 0 spiro atoms. The SMILES string of the molecule is CC1CCC(C)C(NCC2CCN(C(C)C)C2)C1. The zero-order valence-electron chi connectivity index (χ0n) is 12.8. The molecule has 2 fully saturated rings. The van der Waals surface area contributed by atoms with Gasteiger partial charge in [0.15, 0.2) is 0 Å². The first-order valence-corrected chi connectivity index (χ1v) is 8.03. The highest BCUT2D eigenvalue weighted by atomic mass is 15.2. The van der Waals surface area contributed by atoms with Crippen LogP contribution in [0.1, 0.15) is 53.4 Å². The first-order chi connectivity index (χ1) is 8.56. The zero-order valence-corrected chi connectivity index (χ0v) is 12.8. The lowest BCUT2D eigenvalue weighted by atomic mass is 9.80. The van der Waals surface area contributed by atoms with Crippen LogP contribution in [0.15, 0.2) is 0 Å². The van der Waals surface area contributed by atoms with E-state index in [0.717, 1.165) is 29.8 Å². The van der Waals surface area contributed by atoms with Gasteiger partial charge >= 0.3 is 0 Å². The van der Waals surface area contributed by atoms with Gasteiger partial charge in [0.2, 0.25) is 0 Å². The lowest BCUT2D eigenvalue weighted by Crippen LogP contribution is -2.42. The summed E-state index contributed by atoms with van der Waals surface area (Å²) in [5.74, 6) is 2.69. The molecule has 0 amide bonds. The van der Waals surface area contributed by atoms with E-state index in [0.29, 0.717) is 0 Å². The van der Waals surface area contributed by atoms with E-state index >= 15 is 0 Å². The second-order valence-electron chi connectivity index (χ2n) is 7.15. The molecule has 2 aliphatic rings. The Labute approximate surface area is 114 Å². The number of hydrogen-bond donors (Lipinski definition) is 1. The molecule has 1 saturated carbocycles. The van der Waals surface area contributed by atoms with Gasteiger partial charge < -0.3 is 10.2 Å². The minimum Gasteiger partial charge on any atom is -0.313 e. The van der Waals surface area contributed by atoms with Gasteiger partial charge in [-0.15, -0.1) is 0 Å². The van der Waals surface area contributed by atoms with E-state index in [-0.39, 0.29) is 0 Å². The molecule has 0 radical (unpaired) electrons. The molecule has 18 heavy (non-hydrogen) atoms. The van der Waals surface area contributed by atoms with Crippen molar-refractivity contribution in [1.29, 1.82) is 0 Å². The molecule has 106 valence electrons. The van der Waals surface area contributed by atoms with Crippen molar-refractivity contribution >= 4 is 0 Å². The third-order valence-corrected chi connectivity index (χ3v) is 5.17. The molecule has 1 N–H and O–H groups in total. The van der Waals surface area contributed by atoms with Gasteiger partial charge in [0.25, 0.3) is 0 Å². The van der Waals surface area contributed by atoms with Crippen LogP contribution in [-0.4, -0.2) is 36.6 Å². The summed E-state index contributed by atoms with van der Waals surface area (Å²) in [5, 5.41) is 3.88. The Morgan fingerprint density at radius 1 is 1.17 bits per heavy atom. The minimum atomic E-state index is 0.726. The minimum absolute atomic E-state index is 0.726. The second kappa shape index (κ2) is 6.38. The third-order valence-electron chi connectivity index (χ3n) is 5.17. The van der Waals surface area contributed by atoms with E-state index in [1.165, 1.54) is 45.3 Å². The maximum absolute atomic E-state index is 3.88. The molecule has 2 heteroatoms. The summed E-state index contributed by atoms with van der Waals surface area (Å²) in [7, 11) is 0. The van der Waals surface area contributed by atoms with Gasteiger partial charge in [-0.25, -0.2) is 0 Å². The highest BCUT2D eigenvalue weighted by molar-refractivity contribution is 4.84. The average Bonchev–Trinajstić information content (AvgIpc) is 2.79. The summed E-state index contributed by atoms with van der Waals surface area (Å²) >= 11 is 0. The fourth-order valence-electron chi connectivity index (χ4n) is 3.63. The van der Waals surface area contributed by atoms with Crippen LogP contribution < -0.4 is 5.32 Å². The zero-order chi connectivity index (χ0) is 13.1. The summed E-state index contributed by atoms with van der Waals surface area (Å²) in [5.41, 5.74) is 0. The van der Waals surface area contributed by atoms with Crippen LogP contribution in [0, 0.1) is 17.8 Å². The Bertz CT molecular complexity index is 251. The highest BCUT2D eigenvalue weighted by Gasteiger charge is 2.28. The quantitative estimate of drug-likeness (QED) is 0.827. The summed E-state index contributed by atoms with van der Waals surface area (Å²) in [4.78, 5) is 2.62. The molecule has 0 aromatic carbocycles. The summed E-state index contributed by atoms with van der Waals surface area (Å²) in [6.07, 6.45) is 5.63. The number of rotatable bonds is 4. The Hall–Kier alpha value is -0.0800. The van der Waals surface area contributed by atoms with E-state index in [1.807, 2.05) is 0 Å². The maximum atomic E-state index is 3.88. The number of nitrogens with one attached hydrogen (secondary N) is 1. The van der Waals surface area contributed by atoms with E-state index in [2.05, 4.69) is 37.9 Å². The van der Waals surface area contributed by atoms with Crippen LogP contribution in [0.2, 0.25) is 0 Å². The van der Waals surface area contributed by atoms with Crippen molar-refractivity contribution in [3.05, 3.63) is 0 Å². The van der Waals surface area contributed by atoms with Crippen LogP contribution in [0.5, 0.6) is 0 Å². The third kappa shape index (κ3) is 3.71. The van der Waals surface area contributed by atoms with E-state index < -0.39 is 0 Å². The van der Waals surface area contributed by atoms with Gasteiger partial charge in [-0.2, -0.15) is 0 Å². The molecule has 4 unspecified atom stereocenters. The topological polar surface area (TPSA) is 15.3 Å². The van der Waals surface area contributed by atoms with Crippen LogP contribution in [0.4, 0.5) is 0 Å². The largest absolute Gasteiger partial charge is 0.313 e. The van der Waals surface area contributed by atoms with Gasteiger partial charge in [-0.1, -0.05) is 20.3 Å². The molecule has 1 saturated heterocycles. The Balaban J connectivity index is 1.71. The average molecular weight is 252 g/mol. The smallest absolute Gasteiger partial charge is 0.00953 e. The lowest BCUT2D eigenvalue weighted by molar-refractivity contribution is 0.217. The van der Waals surface area contributed by atoms with E-state index in [1.54, 1.807) is 0 Å². The van der Waals surface area contributed by atoms with Gasteiger partial charge in [0, 0.05) is 18.6 Å². The maximum Gasteiger partial charge on any atom is 0.00953 e. The molecule has 0 aromatic rings. The monoisotopic (exact) mass is 252 g/mol. The van der Waals surface area contributed by atoms with Gasteiger partial charge in [-0.3, -0.25) is 0 Å². The van der Waals surface area contributed by atoms with Crippen molar-refractivity contribution in [2.24, 2.45) is 17.8 Å². The van der Waals surface area contributed by atoms with Crippen LogP contribution in [-0.2, 0) is 0 Å². The van der Waals surface area contributed by atoms with Crippen molar-refractivity contribution in [3.8, 4) is 0 Å². The van der Waals surface area contributed by atoms with E-state index in [4.69, 9.17) is 0 Å². The molecular formula is C16H32N2. The van der Waals surface area contributed by atoms with Gasteiger partial charge in [0.1, 0.15) is 0 Å². The van der Waals surface area contributed by atoms with Crippen molar-refractivity contribution < 1.29 is 0 Å². The van der Waals surface area contributed by atoms with Gasteiger partial charge in [0.05, 0.1) is 0 Å². The number of likely N-dealkylation sites (tertiary alicyclic amines) is 1. The first kappa shape index (κ1) is 14.3. The highest BCUT2D eigenvalue weighted by Crippen LogP contribution is 2.28. The fourth-order valence-corrected chi connectivity index (χ4v) is 3.63. The van der Waals surface area contributed by atoms with Crippen LogP contribution >= 0.6 is 0 Å². The fraction of sp³-hybridized carbons (Fsp3) is 1.00. The Kier molecular flexibility index (Phi) is 5.08. The van der Waals surface area contributed by atoms with Crippen LogP contribution in [0.3, 0.4) is 0 Å². The molecule has 1 aliphatic heterocycles. The Morgan fingerprint density at radius 2 is 1.94 bits per heavy atom. The molecule has 0 bridgehead atoms. The molecule has 1 heterocycles. The van der Waals surface area contributed by atoms with Crippen molar-refractivity contribution in [2.45, 2.75) is 65.5 Å². The molecule has 4 atom stereocenters. The number of nitrogens with zero attached hydrogens (tertiary/aromatic N) is 1. The summed E-state index contributed by atoms with van der Waals surface area (Å²) < 4.78 is 0. The predicted molar refractivity (Wildman–Crippen MR) is 78.8 cm³/mol. The lowest BCUT2D eigenvalue weighted by Gasteiger charge is -2.34. The molecule has 0 aromatic heterocycles. The predicted octanol–water partition coefficient (Wildman–Crippen LogP) is 3.13. The molecular weight excluding hydrogens is 220 g/mol. The Morgan fingerprint density at radius 3 is 2.61 bits per heavy atom. The van der Waals surface area contributed by atoms with Crippen molar-refractivity contribution in [3.63, 3.8) is 0 Å². The van der Waals surface area contributed by atoms with Crippen molar-refractivity contribution in [1.82, 2.24) is 10.2 Å².